The lowest BCUT2D eigenvalue weighted by Crippen LogP contribution is -2.08. The summed E-state index contributed by atoms with van der Waals surface area (Å²) in [6.07, 6.45) is -2.80. The van der Waals surface area contributed by atoms with E-state index in [1.807, 2.05) is 0 Å². The molecule has 0 radical (unpaired) electrons. The summed E-state index contributed by atoms with van der Waals surface area (Å²) in [5.41, 5.74) is -0.568. The molecule has 0 bridgehead atoms. The second-order valence-corrected chi connectivity index (χ2v) is 4.02. The van der Waals surface area contributed by atoms with Gasteiger partial charge >= 0.3 is 5.97 Å². The van der Waals surface area contributed by atoms with Gasteiger partial charge in [0.2, 0.25) is 0 Å². The van der Waals surface area contributed by atoms with E-state index in [0.29, 0.717) is 5.56 Å². The van der Waals surface area contributed by atoms with Gasteiger partial charge in [0.05, 0.1) is 0 Å². The molecule has 0 saturated heterocycles. The highest BCUT2D eigenvalue weighted by Crippen LogP contribution is 2.28. The van der Waals surface area contributed by atoms with Crippen LogP contribution in [0.25, 0.3) is 0 Å². The van der Waals surface area contributed by atoms with Crippen LogP contribution in [0.1, 0.15) is 28.2 Å². The molecule has 0 atom stereocenters. The predicted molar refractivity (Wildman–Crippen MR) is 56.5 cm³/mol. The van der Waals surface area contributed by atoms with Crippen molar-refractivity contribution >= 4 is 37.8 Å². The van der Waals surface area contributed by atoms with Crippen LogP contribution in [0.3, 0.4) is 0 Å². The normalized spacial score (nSPS) is 10.7. The minimum absolute atomic E-state index is 0.108. The average Bonchev–Trinajstić information content (AvgIpc) is 2.16. The fraction of sp³-hybridized carbons (Fsp3) is 0.250. The van der Waals surface area contributed by atoms with Gasteiger partial charge in [-0.3, -0.25) is 0 Å². The van der Waals surface area contributed by atoms with E-state index in [9.17, 15) is 13.6 Å². The molecule has 0 amide bonds. The third-order valence-corrected chi connectivity index (χ3v) is 2.87. The van der Waals surface area contributed by atoms with Gasteiger partial charge in [0.1, 0.15) is 5.69 Å². The molecule has 82 valence electrons. The molecule has 1 rings (SSSR count). The number of pyridine rings is 1. The first-order valence-electron chi connectivity index (χ1n) is 3.74. The maximum absolute atomic E-state index is 12.4. The van der Waals surface area contributed by atoms with E-state index in [2.05, 4.69) is 36.8 Å². The Morgan fingerprint density at radius 3 is 2.60 bits per heavy atom. The van der Waals surface area contributed by atoms with Crippen molar-refractivity contribution in [3.8, 4) is 0 Å². The number of aromatic nitrogens is 1. The first-order chi connectivity index (χ1) is 6.97. The molecule has 0 spiro atoms. The van der Waals surface area contributed by atoms with E-state index >= 15 is 0 Å². The molecule has 0 saturated carbocycles. The zero-order chi connectivity index (χ0) is 11.6. The van der Waals surface area contributed by atoms with E-state index < -0.39 is 18.1 Å². The maximum atomic E-state index is 12.4. The van der Waals surface area contributed by atoms with Crippen LogP contribution in [0, 0.1) is 0 Å². The summed E-state index contributed by atoms with van der Waals surface area (Å²) in [4.78, 5) is 14.1. The summed E-state index contributed by atoms with van der Waals surface area (Å²) >= 11 is 5.98. The van der Waals surface area contributed by atoms with Gasteiger partial charge in [-0.05, 0) is 27.6 Å². The molecule has 1 aromatic heterocycles. The molecule has 0 fully saturated rings. The minimum atomic E-state index is -2.80. The Labute approximate surface area is 101 Å². The quantitative estimate of drug-likeness (QED) is 0.855. The number of carbonyl (C=O) groups is 1. The number of carboxylic acids is 1. The molecular formula is C8H5Br2F2NO2. The Morgan fingerprint density at radius 1 is 1.60 bits per heavy atom. The van der Waals surface area contributed by atoms with Crippen LogP contribution in [0.15, 0.2) is 10.5 Å². The third kappa shape index (κ3) is 2.72. The molecule has 1 aromatic rings. The van der Waals surface area contributed by atoms with Crippen molar-refractivity contribution in [3.63, 3.8) is 0 Å². The number of alkyl halides is 3. The number of aromatic carboxylic acids is 1. The highest BCUT2D eigenvalue weighted by Gasteiger charge is 2.20. The lowest BCUT2D eigenvalue weighted by Gasteiger charge is -2.07. The van der Waals surface area contributed by atoms with Crippen LogP contribution in [0.2, 0.25) is 0 Å². The fourth-order valence-corrected chi connectivity index (χ4v) is 1.95. The average molecular weight is 345 g/mol. The predicted octanol–water partition coefficient (Wildman–Crippen LogP) is 3.37. The molecule has 3 nitrogen and oxygen atoms in total. The van der Waals surface area contributed by atoms with Gasteiger partial charge in [-0.15, -0.1) is 0 Å². The van der Waals surface area contributed by atoms with Crippen molar-refractivity contribution in [2.75, 3.05) is 0 Å². The molecule has 0 unspecified atom stereocenters. The monoisotopic (exact) mass is 343 g/mol. The van der Waals surface area contributed by atoms with Crippen molar-refractivity contribution in [1.29, 1.82) is 0 Å². The SMILES string of the molecule is O=C(O)c1nc(C(F)F)c(Br)cc1CBr. The summed E-state index contributed by atoms with van der Waals surface area (Å²) in [7, 11) is 0. The van der Waals surface area contributed by atoms with Crippen molar-refractivity contribution < 1.29 is 18.7 Å². The second-order valence-electron chi connectivity index (χ2n) is 2.60. The zero-order valence-electron chi connectivity index (χ0n) is 7.18. The van der Waals surface area contributed by atoms with Gasteiger partial charge in [-0.25, -0.2) is 18.6 Å². The molecular weight excluding hydrogens is 340 g/mol. The lowest BCUT2D eigenvalue weighted by atomic mass is 10.2. The van der Waals surface area contributed by atoms with E-state index in [0.717, 1.165) is 0 Å². The van der Waals surface area contributed by atoms with Crippen LogP contribution >= 0.6 is 31.9 Å². The van der Waals surface area contributed by atoms with E-state index in [1.165, 1.54) is 6.07 Å². The van der Waals surface area contributed by atoms with Gasteiger partial charge < -0.3 is 5.11 Å². The van der Waals surface area contributed by atoms with Crippen molar-refractivity contribution in [2.24, 2.45) is 0 Å². The Hall–Kier alpha value is -0.560. The summed E-state index contributed by atoms with van der Waals surface area (Å²) in [6.45, 7) is 0. The van der Waals surface area contributed by atoms with Gasteiger partial charge in [0.15, 0.2) is 5.69 Å². The summed E-state index contributed by atoms with van der Waals surface area (Å²) in [5.74, 6) is -1.32. The molecule has 0 aliphatic heterocycles. The van der Waals surface area contributed by atoms with Crippen LogP contribution < -0.4 is 0 Å². The second kappa shape index (κ2) is 4.98. The molecule has 15 heavy (non-hydrogen) atoms. The van der Waals surface area contributed by atoms with Crippen molar-refractivity contribution in [3.05, 3.63) is 27.5 Å². The van der Waals surface area contributed by atoms with Crippen LogP contribution in [-0.4, -0.2) is 16.1 Å². The van der Waals surface area contributed by atoms with Crippen LogP contribution in [-0.2, 0) is 5.33 Å². The summed E-state index contributed by atoms with van der Waals surface area (Å²) in [6, 6.07) is 1.33. The van der Waals surface area contributed by atoms with Gasteiger partial charge in [0, 0.05) is 9.80 Å². The Bertz CT molecular complexity index is 398. The molecule has 1 heterocycles. The molecule has 7 heteroatoms. The third-order valence-electron chi connectivity index (χ3n) is 1.64. The molecule has 0 aromatic carbocycles. The van der Waals surface area contributed by atoms with Crippen LogP contribution in [0.4, 0.5) is 8.78 Å². The van der Waals surface area contributed by atoms with Gasteiger partial charge in [0.25, 0.3) is 6.43 Å². The van der Waals surface area contributed by atoms with Crippen molar-refractivity contribution in [1.82, 2.24) is 4.98 Å². The largest absolute Gasteiger partial charge is 0.477 e. The van der Waals surface area contributed by atoms with Gasteiger partial charge in [-0.2, -0.15) is 0 Å². The molecule has 0 aliphatic rings. The van der Waals surface area contributed by atoms with Gasteiger partial charge in [-0.1, -0.05) is 15.9 Å². The Balaban J connectivity index is 3.37. The fourth-order valence-electron chi connectivity index (χ4n) is 0.981. The standard InChI is InChI=1S/C8H5Br2F2NO2/c9-2-3-1-4(10)6(7(11)12)13-5(3)8(14)15/h1,7H,2H2,(H,14,15). The molecule has 1 N–H and O–H groups in total. The number of carboxylic acid groups (broad SMARTS) is 1. The Morgan fingerprint density at radius 2 is 2.20 bits per heavy atom. The van der Waals surface area contributed by atoms with Crippen molar-refractivity contribution in [2.45, 2.75) is 11.8 Å². The first-order valence-corrected chi connectivity index (χ1v) is 5.65. The summed E-state index contributed by atoms with van der Waals surface area (Å²) < 4.78 is 24.9. The number of rotatable bonds is 3. The number of hydrogen-bond acceptors (Lipinski definition) is 2. The van der Waals surface area contributed by atoms with E-state index in [4.69, 9.17) is 5.11 Å². The zero-order valence-corrected chi connectivity index (χ0v) is 10.3. The minimum Gasteiger partial charge on any atom is -0.477 e. The maximum Gasteiger partial charge on any atom is 0.354 e. The first kappa shape index (κ1) is 12.5. The topological polar surface area (TPSA) is 50.2 Å². The number of halogens is 4. The molecule has 0 aliphatic carbocycles. The number of nitrogens with zero attached hydrogens (tertiary/aromatic N) is 1. The smallest absolute Gasteiger partial charge is 0.354 e. The highest BCUT2D eigenvalue weighted by atomic mass is 79.9. The van der Waals surface area contributed by atoms with E-state index in [1.54, 1.807) is 0 Å². The lowest BCUT2D eigenvalue weighted by molar-refractivity contribution is 0.0687. The summed E-state index contributed by atoms with van der Waals surface area (Å²) in [5, 5.41) is 8.99. The number of hydrogen-bond donors (Lipinski definition) is 1. The Kier molecular flexibility index (Phi) is 4.15. The van der Waals surface area contributed by atoms with Crippen LogP contribution in [0.5, 0.6) is 0 Å². The highest BCUT2D eigenvalue weighted by molar-refractivity contribution is 9.10. The van der Waals surface area contributed by atoms with E-state index in [-0.39, 0.29) is 15.5 Å².